The van der Waals surface area contributed by atoms with Crippen LogP contribution in [0, 0.1) is 0 Å². The predicted molar refractivity (Wildman–Crippen MR) is 168 cm³/mol. The van der Waals surface area contributed by atoms with Crippen LogP contribution in [0.1, 0.15) is 0 Å². The lowest BCUT2D eigenvalue weighted by molar-refractivity contribution is 0.669. The third kappa shape index (κ3) is 3.68. The molecule has 0 aliphatic rings. The number of para-hydroxylation sites is 1. The summed E-state index contributed by atoms with van der Waals surface area (Å²) in [6, 6.07) is 40.1. The molecule has 0 atom stereocenters. The number of furan rings is 3. The average Bonchev–Trinajstić information content (AvgIpc) is 3.69. The number of hydrogen-bond acceptors (Lipinski definition) is 3. The molecule has 0 saturated heterocycles. The van der Waals surface area contributed by atoms with E-state index in [2.05, 4.69) is 128 Å². The number of nitrogens with zero attached hydrogens (tertiary/aromatic N) is 1. The molecule has 5 aromatic carbocycles. The molecule has 0 radical (unpaired) electrons. The summed E-state index contributed by atoms with van der Waals surface area (Å²) >= 11 is 7.20. The molecule has 0 N–H and O–H groups in total. The molecular weight excluding hydrogens is 614 g/mol. The van der Waals surface area contributed by atoms with Crippen LogP contribution in [-0.2, 0) is 0 Å². The van der Waals surface area contributed by atoms with Gasteiger partial charge in [-0.2, -0.15) is 0 Å². The van der Waals surface area contributed by atoms with Crippen molar-refractivity contribution in [2.45, 2.75) is 0 Å². The highest BCUT2D eigenvalue weighted by Gasteiger charge is 2.21. The molecule has 8 aromatic rings. The van der Waals surface area contributed by atoms with Crippen LogP contribution < -0.4 is 4.90 Å². The lowest BCUT2D eigenvalue weighted by Crippen LogP contribution is -2.10. The third-order valence-corrected chi connectivity index (χ3v) is 8.42. The summed E-state index contributed by atoms with van der Waals surface area (Å²) in [6.45, 7) is 0. The molecule has 0 saturated carbocycles. The van der Waals surface area contributed by atoms with Crippen molar-refractivity contribution in [1.82, 2.24) is 0 Å². The van der Waals surface area contributed by atoms with Crippen LogP contribution in [0.4, 0.5) is 17.1 Å². The number of hydrogen-bond donors (Lipinski definition) is 0. The molecule has 0 fully saturated rings. The highest BCUT2D eigenvalue weighted by atomic mass is 79.9. The van der Waals surface area contributed by atoms with E-state index in [0.717, 1.165) is 81.0 Å². The zero-order valence-corrected chi connectivity index (χ0v) is 23.7. The van der Waals surface area contributed by atoms with Crippen LogP contribution in [0.3, 0.4) is 0 Å². The third-order valence-electron chi connectivity index (χ3n) is 7.36. The van der Waals surface area contributed by atoms with Gasteiger partial charge >= 0.3 is 0 Å². The molecule has 0 amide bonds. The van der Waals surface area contributed by atoms with E-state index in [1.54, 1.807) is 0 Å². The van der Waals surface area contributed by atoms with Gasteiger partial charge in [0, 0.05) is 41.9 Å². The van der Waals surface area contributed by atoms with Gasteiger partial charge < -0.3 is 13.7 Å². The summed E-state index contributed by atoms with van der Waals surface area (Å²) in [5.41, 5.74) is 8.87. The topological polar surface area (TPSA) is 29.5 Å². The number of anilines is 3. The van der Waals surface area contributed by atoms with E-state index in [0.29, 0.717) is 0 Å². The van der Waals surface area contributed by atoms with Gasteiger partial charge in [0.2, 0.25) is 0 Å². The van der Waals surface area contributed by atoms with Crippen molar-refractivity contribution >= 4 is 92.8 Å². The summed E-state index contributed by atoms with van der Waals surface area (Å²) in [5.74, 6) is 0. The smallest absolute Gasteiger partial charge is 0.159 e. The maximum absolute atomic E-state index is 6.56. The summed E-state index contributed by atoms with van der Waals surface area (Å²) < 4.78 is 14.6. The average molecular weight is 633 g/mol. The van der Waals surface area contributed by atoms with E-state index < -0.39 is 0 Å². The van der Waals surface area contributed by atoms with Gasteiger partial charge in [-0.1, -0.05) is 56.1 Å². The number of rotatable bonds is 4. The standard InChI is InChI=1S/C34H19Br2NO2/c35-22-6-10-24(11-7-22)37(25-12-8-23(36)9-13-25)30-19-21(18-29-26-3-1-2-4-31(26)39-34(29)30)20-5-14-27-28(17-20)33-16-15-32(27)38-33/h1-19H. The van der Waals surface area contributed by atoms with E-state index in [4.69, 9.17) is 8.83 Å². The molecule has 8 rings (SSSR count). The lowest BCUT2D eigenvalue weighted by atomic mass is 9.98. The first-order valence-electron chi connectivity index (χ1n) is 12.6. The van der Waals surface area contributed by atoms with Crippen LogP contribution >= 0.6 is 31.9 Å². The largest absolute Gasteiger partial charge is 0.456 e. The van der Waals surface area contributed by atoms with E-state index in [1.807, 2.05) is 24.3 Å². The zero-order chi connectivity index (χ0) is 26.1. The Morgan fingerprint density at radius 3 is 1.77 bits per heavy atom. The van der Waals surface area contributed by atoms with Gasteiger partial charge in [-0.3, -0.25) is 0 Å². The maximum atomic E-state index is 6.56. The van der Waals surface area contributed by atoms with Crippen molar-refractivity contribution in [1.29, 1.82) is 0 Å². The van der Waals surface area contributed by atoms with Crippen molar-refractivity contribution < 1.29 is 8.83 Å². The Morgan fingerprint density at radius 1 is 0.462 bits per heavy atom. The van der Waals surface area contributed by atoms with Crippen LogP contribution in [0.5, 0.6) is 0 Å². The van der Waals surface area contributed by atoms with Gasteiger partial charge in [0.25, 0.3) is 0 Å². The molecule has 186 valence electrons. The Morgan fingerprint density at radius 2 is 1.05 bits per heavy atom. The molecular formula is C34H19Br2NO2. The molecule has 0 unspecified atom stereocenters. The van der Waals surface area contributed by atoms with E-state index in [1.165, 1.54) is 0 Å². The Bertz CT molecular complexity index is 2090. The van der Waals surface area contributed by atoms with Crippen LogP contribution in [0.25, 0.3) is 55.0 Å². The minimum Gasteiger partial charge on any atom is -0.456 e. The van der Waals surface area contributed by atoms with Gasteiger partial charge in [0.15, 0.2) is 5.58 Å². The van der Waals surface area contributed by atoms with Crippen molar-refractivity contribution in [2.24, 2.45) is 0 Å². The van der Waals surface area contributed by atoms with Crippen molar-refractivity contribution in [3.05, 3.63) is 124 Å². The minimum absolute atomic E-state index is 0.849. The summed E-state index contributed by atoms with van der Waals surface area (Å²) in [6.07, 6.45) is 0. The van der Waals surface area contributed by atoms with Gasteiger partial charge in [0.1, 0.15) is 16.7 Å². The first-order valence-corrected chi connectivity index (χ1v) is 14.2. The summed E-state index contributed by atoms with van der Waals surface area (Å²) in [4.78, 5) is 2.26. The molecule has 3 aromatic heterocycles. The molecule has 0 aliphatic heterocycles. The Labute approximate surface area is 240 Å². The van der Waals surface area contributed by atoms with Gasteiger partial charge in [-0.15, -0.1) is 0 Å². The van der Waals surface area contributed by atoms with E-state index in [9.17, 15) is 0 Å². The quantitative estimate of drug-likeness (QED) is 0.193. The summed E-state index contributed by atoms with van der Waals surface area (Å²) in [7, 11) is 0. The fraction of sp³-hybridized carbons (Fsp3) is 0. The van der Waals surface area contributed by atoms with E-state index in [-0.39, 0.29) is 0 Å². The maximum Gasteiger partial charge on any atom is 0.159 e. The molecule has 0 aliphatic carbocycles. The normalized spacial score (nSPS) is 11.8. The second-order valence-corrected chi connectivity index (χ2v) is 11.5. The SMILES string of the molecule is Brc1ccc(N(c2ccc(Br)cc2)c2cc(-c3ccc4c5ccc(o5)c4c3)cc3c2oc2ccccc23)cc1. The molecule has 0 spiro atoms. The Hall–Kier alpha value is -4.06. The molecule has 39 heavy (non-hydrogen) atoms. The first kappa shape index (κ1) is 22.9. The lowest BCUT2D eigenvalue weighted by Gasteiger charge is -2.26. The first-order chi connectivity index (χ1) is 19.1. The van der Waals surface area contributed by atoms with Crippen molar-refractivity contribution in [3.8, 4) is 11.1 Å². The predicted octanol–water partition coefficient (Wildman–Crippen LogP) is 11.6. The van der Waals surface area contributed by atoms with E-state index >= 15 is 0 Å². The van der Waals surface area contributed by atoms with Gasteiger partial charge in [0.05, 0.1) is 5.69 Å². The fourth-order valence-electron chi connectivity index (χ4n) is 5.52. The fourth-order valence-corrected chi connectivity index (χ4v) is 6.05. The molecule has 3 heterocycles. The van der Waals surface area contributed by atoms with Crippen LogP contribution in [-0.4, -0.2) is 0 Å². The molecule has 3 nitrogen and oxygen atoms in total. The van der Waals surface area contributed by atoms with Crippen molar-refractivity contribution in [3.63, 3.8) is 0 Å². The molecule has 5 heteroatoms. The Balaban J connectivity index is 1.44. The Kier molecular flexibility index (Phi) is 5.12. The summed E-state index contributed by atoms with van der Waals surface area (Å²) in [5, 5.41) is 4.47. The highest BCUT2D eigenvalue weighted by molar-refractivity contribution is 9.10. The van der Waals surface area contributed by atoms with Gasteiger partial charge in [-0.05, 0) is 102 Å². The minimum atomic E-state index is 0.849. The zero-order valence-electron chi connectivity index (χ0n) is 20.5. The number of fused-ring (bicyclic) bond motifs is 8. The van der Waals surface area contributed by atoms with Crippen molar-refractivity contribution in [2.75, 3.05) is 4.90 Å². The second kappa shape index (κ2) is 8.73. The number of halogens is 2. The monoisotopic (exact) mass is 631 g/mol. The second-order valence-electron chi connectivity index (χ2n) is 9.68. The van der Waals surface area contributed by atoms with Crippen LogP contribution in [0.15, 0.2) is 133 Å². The van der Waals surface area contributed by atoms with Gasteiger partial charge in [-0.25, -0.2) is 0 Å². The van der Waals surface area contributed by atoms with Crippen LogP contribution in [0.2, 0.25) is 0 Å². The number of benzene rings is 6. The molecule has 2 bridgehead atoms. The highest BCUT2D eigenvalue weighted by Crippen LogP contribution is 2.45.